The summed E-state index contributed by atoms with van der Waals surface area (Å²) in [6.45, 7) is 12.9. The van der Waals surface area contributed by atoms with Crippen LogP contribution in [0, 0.1) is 11.3 Å². The fraction of sp³-hybridized carbons (Fsp3) is 1.00. The van der Waals surface area contributed by atoms with Gasteiger partial charge in [-0.15, -0.1) is 0 Å². The molecule has 102 valence electrons. The molecular formula is C15H32N2. The van der Waals surface area contributed by atoms with Crippen LogP contribution in [0.5, 0.6) is 0 Å². The molecule has 17 heavy (non-hydrogen) atoms. The minimum atomic E-state index is 0.543. The van der Waals surface area contributed by atoms with Crippen LogP contribution >= 0.6 is 0 Å². The van der Waals surface area contributed by atoms with E-state index >= 15 is 0 Å². The van der Waals surface area contributed by atoms with Crippen molar-refractivity contribution in [3.63, 3.8) is 0 Å². The maximum Gasteiger partial charge on any atom is 0.0166 e. The maximum atomic E-state index is 3.73. The molecule has 0 saturated heterocycles. The fourth-order valence-electron chi connectivity index (χ4n) is 2.95. The van der Waals surface area contributed by atoms with Gasteiger partial charge in [-0.2, -0.15) is 0 Å². The highest BCUT2D eigenvalue weighted by molar-refractivity contribution is 4.84. The Hall–Kier alpha value is -0.0800. The minimum Gasteiger partial charge on any atom is -0.313 e. The van der Waals surface area contributed by atoms with E-state index in [0.29, 0.717) is 11.5 Å². The third-order valence-corrected chi connectivity index (χ3v) is 4.57. The highest BCUT2D eigenvalue weighted by Gasteiger charge is 2.31. The Morgan fingerprint density at radius 1 is 1.35 bits per heavy atom. The van der Waals surface area contributed by atoms with Crippen LogP contribution in [0.1, 0.15) is 53.4 Å². The molecule has 1 saturated carbocycles. The predicted octanol–water partition coefficient (Wildman–Crippen LogP) is 3.13. The second kappa shape index (κ2) is 6.75. The van der Waals surface area contributed by atoms with Gasteiger partial charge in [0.1, 0.15) is 0 Å². The lowest BCUT2D eigenvalue weighted by Crippen LogP contribution is -2.43. The summed E-state index contributed by atoms with van der Waals surface area (Å²) in [6.07, 6.45) is 5.68. The van der Waals surface area contributed by atoms with Gasteiger partial charge in [0.2, 0.25) is 0 Å². The number of nitrogens with one attached hydrogen (secondary N) is 1. The van der Waals surface area contributed by atoms with Gasteiger partial charge in [0.15, 0.2) is 0 Å². The Bertz CT molecular complexity index is 213. The van der Waals surface area contributed by atoms with Crippen LogP contribution in [0.25, 0.3) is 0 Å². The summed E-state index contributed by atoms with van der Waals surface area (Å²) < 4.78 is 0. The molecule has 0 aliphatic heterocycles. The van der Waals surface area contributed by atoms with Crippen molar-refractivity contribution in [3.8, 4) is 0 Å². The minimum absolute atomic E-state index is 0.543. The summed E-state index contributed by atoms with van der Waals surface area (Å²) in [7, 11) is 2.20. The van der Waals surface area contributed by atoms with Gasteiger partial charge >= 0.3 is 0 Å². The highest BCUT2D eigenvalue weighted by Crippen LogP contribution is 2.39. The number of rotatable bonds is 6. The molecule has 1 aliphatic rings. The van der Waals surface area contributed by atoms with Gasteiger partial charge in [-0.3, -0.25) is 0 Å². The van der Waals surface area contributed by atoms with Crippen molar-refractivity contribution in [2.24, 2.45) is 11.3 Å². The normalized spacial score (nSPS) is 26.1. The molecule has 1 rings (SSSR count). The van der Waals surface area contributed by atoms with Gasteiger partial charge < -0.3 is 10.2 Å². The van der Waals surface area contributed by atoms with Crippen molar-refractivity contribution in [2.45, 2.75) is 59.4 Å². The van der Waals surface area contributed by atoms with Crippen LogP contribution in [-0.2, 0) is 0 Å². The second-order valence-corrected chi connectivity index (χ2v) is 6.60. The van der Waals surface area contributed by atoms with E-state index in [4.69, 9.17) is 0 Å². The second-order valence-electron chi connectivity index (χ2n) is 6.60. The summed E-state index contributed by atoms with van der Waals surface area (Å²) in [5.74, 6) is 0.866. The van der Waals surface area contributed by atoms with E-state index in [1.165, 1.54) is 32.2 Å². The average Bonchev–Trinajstić information content (AvgIpc) is 2.26. The van der Waals surface area contributed by atoms with Crippen molar-refractivity contribution in [3.05, 3.63) is 0 Å². The van der Waals surface area contributed by atoms with Crippen molar-refractivity contribution < 1.29 is 0 Å². The molecule has 2 unspecified atom stereocenters. The summed E-state index contributed by atoms with van der Waals surface area (Å²) in [4.78, 5) is 2.38. The topological polar surface area (TPSA) is 15.3 Å². The van der Waals surface area contributed by atoms with E-state index in [0.717, 1.165) is 19.0 Å². The van der Waals surface area contributed by atoms with E-state index in [-0.39, 0.29) is 0 Å². The molecular weight excluding hydrogens is 208 g/mol. The molecule has 2 nitrogen and oxygen atoms in total. The molecule has 0 radical (unpaired) electrons. The van der Waals surface area contributed by atoms with Crippen LogP contribution < -0.4 is 5.32 Å². The summed E-state index contributed by atoms with van der Waals surface area (Å²) in [6, 6.07) is 0.609. The lowest BCUT2D eigenvalue weighted by atomic mass is 9.69. The molecule has 0 spiro atoms. The smallest absolute Gasteiger partial charge is 0.0166 e. The number of hydrogen-bond acceptors (Lipinski definition) is 2. The van der Waals surface area contributed by atoms with Gasteiger partial charge in [0, 0.05) is 12.6 Å². The first-order valence-electron chi connectivity index (χ1n) is 7.37. The Balaban J connectivity index is 2.29. The van der Waals surface area contributed by atoms with Crippen molar-refractivity contribution in [1.82, 2.24) is 10.2 Å². The summed E-state index contributed by atoms with van der Waals surface area (Å²) in [5, 5.41) is 3.73. The monoisotopic (exact) mass is 240 g/mol. The first kappa shape index (κ1) is 15.0. The van der Waals surface area contributed by atoms with Crippen LogP contribution in [0.2, 0.25) is 0 Å². The van der Waals surface area contributed by atoms with E-state index < -0.39 is 0 Å². The van der Waals surface area contributed by atoms with Gasteiger partial charge in [0.05, 0.1) is 0 Å². The van der Waals surface area contributed by atoms with Gasteiger partial charge in [-0.25, -0.2) is 0 Å². The van der Waals surface area contributed by atoms with Crippen LogP contribution in [0.3, 0.4) is 0 Å². The largest absolute Gasteiger partial charge is 0.313 e. The maximum absolute atomic E-state index is 3.73. The lowest BCUT2D eigenvalue weighted by Gasteiger charge is -2.39. The molecule has 2 heteroatoms. The molecule has 0 heterocycles. The van der Waals surface area contributed by atoms with Crippen LogP contribution in [0.15, 0.2) is 0 Å². The van der Waals surface area contributed by atoms with E-state index in [1.54, 1.807) is 0 Å². The quantitative estimate of drug-likeness (QED) is 0.767. The first-order chi connectivity index (χ1) is 7.95. The zero-order valence-corrected chi connectivity index (χ0v) is 12.6. The summed E-state index contributed by atoms with van der Waals surface area (Å²) >= 11 is 0. The average molecular weight is 240 g/mol. The lowest BCUT2D eigenvalue weighted by molar-refractivity contribution is 0.131. The van der Waals surface area contributed by atoms with Gasteiger partial charge in [-0.05, 0) is 51.2 Å². The first-order valence-corrected chi connectivity index (χ1v) is 7.37. The number of nitrogens with zero attached hydrogens (tertiary/aromatic N) is 1. The van der Waals surface area contributed by atoms with E-state index in [1.807, 2.05) is 0 Å². The zero-order chi connectivity index (χ0) is 12.9. The molecule has 1 N–H and O–H groups in total. The zero-order valence-electron chi connectivity index (χ0n) is 12.6. The van der Waals surface area contributed by atoms with Crippen molar-refractivity contribution in [1.29, 1.82) is 0 Å². The van der Waals surface area contributed by atoms with Crippen molar-refractivity contribution >= 4 is 0 Å². The summed E-state index contributed by atoms with van der Waals surface area (Å²) in [5.41, 5.74) is 0.543. The van der Waals surface area contributed by atoms with Crippen LogP contribution in [0.4, 0.5) is 0 Å². The van der Waals surface area contributed by atoms with Gasteiger partial charge in [0.25, 0.3) is 0 Å². The third kappa shape index (κ3) is 4.97. The predicted molar refractivity (Wildman–Crippen MR) is 76.4 cm³/mol. The molecule has 0 aromatic heterocycles. The Labute approximate surface area is 108 Å². The molecule has 0 bridgehead atoms. The van der Waals surface area contributed by atoms with E-state index in [9.17, 15) is 0 Å². The molecule has 1 fully saturated rings. The fourth-order valence-corrected chi connectivity index (χ4v) is 2.95. The van der Waals surface area contributed by atoms with E-state index in [2.05, 4.69) is 45.0 Å². The number of hydrogen-bond donors (Lipinski definition) is 1. The van der Waals surface area contributed by atoms with Gasteiger partial charge in [-0.1, -0.05) is 33.6 Å². The Kier molecular flexibility index (Phi) is 5.94. The molecule has 0 aromatic carbocycles. The molecule has 2 atom stereocenters. The number of likely N-dealkylation sites (N-methyl/N-ethyl adjacent to an activating group) is 1. The molecule has 0 amide bonds. The Morgan fingerprint density at radius 2 is 2.06 bits per heavy atom. The molecule has 0 aromatic rings. The SMILES string of the molecule is CCN(C)CC(C)NCC1CCCCC1(C)C. The van der Waals surface area contributed by atoms with Crippen LogP contribution in [-0.4, -0.2) is 37.6 Å². The van der Waals surface area contributed by atoms with Crippen molar-refractivity contribution in [2.75, 3.05) is 26.7 Å². The molecule has 1 aliphatic carbocycles. The Morgan fingerprint density at radius 3 is 2.65 bits per heavy atom. The highest BCUT2D eigenvalue weighted by atomic mass is 15.1. The standard InChI is InChI=1S/C15H32N2/c1-6-17(5)12-13(2)16-11-14-9-7-8-10-15(14,3)4/h13-14,16H,6-12H2,1-5H3. The third-order valence-electron chi connectivity index (χ3n) is 4.57.